The first kappa shape index (κ1) is 22.2. The van der Waals surface area contributed by atoms with Crippen molar-refractivity contribution in [2.45, 2.75) is 51.9 Å². The number of amides is 1. The third kappa shape index (κ3) is 5.23. The van der Waals surface area contributed by atoms with Crippen LogP contribution in [0.3, 0.4) is 0 Å². The van der Waals surface area contributed by atoms with Crippen LogP contribution in [0.2, 0.25) is 0 Å². The van der Waals surface area contributed by atoms with Gasteiger partial charge in [-0.05, 0) is 43.0 Å². The molecule has 32 heavy (non-hydrogen) atoms. The van der Waals surface area contributed by atoms with Crippen LogP contribution in [0.15, 0.2) is 42.5 Å². The van der Waals surface area contributed by atoms with E-state index in [-0.39, 0.29) is 31.1 Å². The predicted octanol–water partition coefficient (Wildman–Crippen LogP) is 5.36. The highest BCUT2D eigenvalue weighted by Gasteiger charge is 2.34. The molecule has 0 radical (unpaired) electrons. The fourth-order valence-electron chi connectivity index (χ4n) is 4.37. The quantitative estimate of drug-likeness (QED) is 0.530. The molecule has 0 unspecified atom stereocenters. The fraction of sp³-hybridized carbons (Fsp3) is 0.385. The van der Waals surface area contributed by atoms with Crippen molar-refractivity contribution in [3.8, 4) is 17.2 Å². The summed E-state index contributed by atoms with van der Waals surface area (Å²) in [6.45, 7) is 2.04. The summed E-state index contributed by atoms with van der Waals surface area (Å²) in [6, 6.07) is 16.9. The molecule has 1 saturated carbocycles. The van der Waals surface area contributed by atoms with Crippen LogP contribution in [-0.4, -0.2) is 23.2 Å². The molecule has 1 fully saturated rings. The monoisotopic (exact) mass is 445 g/mol. The number of nitrogens with one attached hydrogen (secondary N) is 1. The van der Waals surface area contributed by atoms with Gasteiger partial charge in [-0.1, -0.05) is 55.2 Å². The van der Waals surface area contributed by atoms with E-state index < -0.39 is 5.41 Å². The molecule has 1 aromatic heterocycles. The standard InChI is InChI=1S/C26H27N3O2S/c1-18-5-7-19(8-6-18)20-9-10-23-22(13-20)29-25(32-23)14-24(31)28-16-21(30)15-26(17-27)11-3-2-4-12-26/h5-10,13H,2-4,11-12,14-16H2,1H3,(H,28,31). The summed E-state index contributed by atoms with van der Waals surface area (Å²) < 4.78 is 1.04. The summed E-state index contributed by atoms with van der Waals surface area (Å²) in [5.74, 6) is -0.292. The number of ketones is 1. The minimum Gasteiger partial charge on any atom is -0.349 e. The number of carbonyl (C=O) groups is 2. The van der Waals surface area contributed by atoms with Gasteiger partial charge >= 0.3 is 0 Å². The lowest BCUT2D eigenvalue weighted by molar-refractivity contribution is -0.125. The lowest BCUT2D eigenvalue weighted by Crippen LogP contribution is -2.34. The van der Waals surface area contributed by atoms with Gasteiger partial charge in [-0.3, -0.25) is 9.59 Å². The number of aromatic nitrogens is 1. The van der Waals surface area contributed by atoms with Gasteiger partial charge in [0.1, 0.15) is 5.01 Å². The number of hydrogen-bond acceptors (Lipinski definition) is 5. The molecule has 4 rings (SSSR count). The largest absolute Gasteiger partial charge is 0.349 e. The Balaban J connectivity index is 1.34. The van der Waals surface area contributed by atoms with Gasteiger partial charge in [0.2, 0.25) is 5.91 Å². The first-order valence-electron chi connectivity index (χ1n) is 11.1. The second kappa shape index (κ2) is 9.62. The van der Waals surface area contributed by atoms with E-state index in [2.05, 4.69) is 53.6 Å². The van der Waals surface area contributed by atoms with Gasteiger partial charge in [0.05, 0.1) is 34.7 Å². The highest BCUT2D eigenvalue weighted by atomic mass is 32.1. The number of nitrogens with zero attached hydrogens (tertiary/aromatic N) is 2. The SMILES string of the molecule is Cc1ccc(-c2ccc3sc(CC(=O)NCC(=O)CC4(C#N)CCCCC4)nc3c2)cc1. The van der Waals surface area contributed by atoms with Crippen molar-refractivity contribution in [2.24, 2.45) is 5.41 Å². The zero-order valence-corrected chi connectivity index (χ0v) is 19.1. The topological polar surface area (TPSA) is 82.9 Å². The maximum atomic E-state index is 12.4. The molecular formula is C26H27N3O2S. The van der Waals surface area contributed by atoms with E-state index in [1.807, 2.05) is 12.1 Å². The first-order valence-corrected chi connectivity index (χ1v) is 11.9. The number of benzene rings is 2. The Morgan fingerprint density at radius 1 is 1.09 bits per heavy atom. The summed E-state index contributed by atoms with van der Waals surface area (Å²) in [7, 11) is 0. The van der Waals surface area contributed by atoms with Gasteiger partial charge in [-0.25, -0.2) is 4.98 Å². The lowest BCUT2D eigenvalue weighted by atomic mass is 9.72. The molecule has 0 saturated heterocycles. The van der Waals surface area contributed by atoms with Crippen molar-refractivity contribution in [3.05, 3.63) is 53.0 Å². The van der Waals surface area contributed by atoms with Crippen LogP contribution in [0.25, 0.3) is 21.3 Å². The highest BCUT2D eigenvalue weighted by molar-refractivity contribution is 7.18. The van der Waals surface area contributed by atoms with Gasteiger partial charge < -0.3 is 5.32 Å². The van der Waals surface area contributed by atoms with Crippen molar-refractivity contribution in [1.29, 1.82) is 5.26 Å². The van der Waals surface area contributed by atoms with E-state index in [0.29, 0.717) is 0 Å². The maximum absolute atomic E-state index is 12.4. The summed E-state index contributed by atoms with van der Waals surface area (Å²) in [5.41, 5.74) is 3.79. The molecule has 1 N–H and O–H groups in total. The molecule has 0 spiro atoms. The molecule has 1 aliphatic rings. The number of thiazole rings is 1. The maximum Gasteiger partial charge on any atom is 0.227 e. The van der Waals surface area contributed by atoms with Crippen molar-refractivity contribution in [1.82, 2.24) is 10.3 Å². The van der Waals surface area contributed by atoms with Gasteiger partial charge in [0, 0.05) is 6.42 Å². The van der Waals surface area contributed by atoms with Gasteiger partial charge in [-0.15, -0.1) is 11.3 Å². The third-order valence-corrected chi connectivity index (χ3v) is 7.23. The van der Waals surface area contributed by atoms with Crippen LogP contribution >= 0.6 is 11.3 Å². The van der Waals surface area contributed by atoms with E-state index in [9.17, 15) is 14.9 Å². The number of nitriles is 1. The number of rotatable bonds is 7. The molecule has 0 aliphatic heterocycles. The molecule has 0 atom stereocenters. The van der Waals surface area contributed by atoms with Crippen molar-refractivity contribution >= 4 is 33.2 Å². The smallest absolute Gasteiger partial charge is 0.227 e. The summed E-state index contributed by atoms with van der Waals surface area (Å²) >= 11 is 1.50. The molecule has 2 aromatic carbocycles. The summed E-state index contributed by atoms with van der Waals surface area (Å²) in [4.78, 5) is 29.4. The molecule has 3 aromatic rings. The van der Waals surface area contributed by atoms with Crippen LogP contribution in [0, 0.1) is 23.7 Å². The molecule has 6 heteroatoms. The van der Waals surface area contributed by atoms with E-state index in [1.165, 1.54) is 16.9 Å². The average molecular weight is 446 g/mol. The van der Waals surface area contributed by atoms with Crippen LogP contribution in [-0.2, 0) is 16.0 Å². The number of Topliss-reactive ketones (excluding diaryl/α,β-unsaturated/α-hetero) is 1. The van der Waals surface area contributed by atoms with Gasteiger partial charge in [0.15, 0.2) is 5.78 Å². The van der Waals surface area contributed by atoms with Crippen LogP contribution in [0.4, 0.5) is 0 Å². The van der Waals surface area contributed by atoms with Crippen LogP contribution in [0.5, 0.6) is 0 Å². The van der Waals surface area contributed by atoms with Gasteiger partial charge in [-0.2, -0.15) is 5.26 Å². The average Bonchev–Trinajstić information content (AvgIpc) is 3.20. The normalized spacial score (nSPS) is 15.2. The number of aryl methyl sites for hydroxylation is 1. The zero-order valence-electron chi connectivity index (χ0n) is 18.3. The van der Waals surface area contributed by atoms with Crippen LogP contribution in [0.1, 0.15) is 49.1 Å². The second-order valence-corrected chi connectivity index (χ2v) is 9.89. The van der Waals surface area contributed by atoms with E-state index in [4.69, 9.17) is 0 Å². The molecule has 0 bridgehead atoms. The Bertz CT molecular complexity index is 1170. The molecule has 1 amide bonds. The van der Waals surface area contributed by atoms with Crippen molar-refractivity contribution in [3.63, 3.8) is 0 Å². The highest BCUT2D eigenvalue weighted by Crippen LogP contribution is 2.38. The Labute approximate surface area is 192 Å². The minimum atomic E-state index is -0.539. The lowest BCUT2D eigenvalue weighted by Gasteiger charge is -2.29. The molecule has 164 valence electrons. The van der Waals surface area contributed by atoms with Crippen molar-refractivity contribution in [2.75, 3.05) is 6.54 Å². The minimum absolute atomic E-state index is 0.0231. The van der Waals surface area contributed by atoms with E-state index in [0.717, 1.165) is 58.5 Å². The van der Waals surface area contributed by atoms with Crippen molar-refractivity contribution < 1.29 is 9.59 Å². The second-order valence-electron chi connectivity index (χ2n) is 8.78. The van der Waals surface area contributed by atoms with E-state index >= 15 is 0 Å². The van der Waals surface area contributed by atoms with Gasteiger partial charge in [0.25, 0.3) is 0 Å². The molecule has 1 heterocycles. The third-order valence-electron chi connectivity index (χ3n) is 6.19. The Morgan fingerprint density at radius 3 is 2.53 bits per heavy atom. The Morgan fingerprint density at radius 2 is 1.81 bits per heavy atom. The molecule has 1 aliphatic carbocycles. The van der Waals surface area contributed by atoms with Crippen LogP contribution < -0.4 is 5.32 Å². The number of carbonyl (C=O) groups excluding carboxylic acids is 2. The first-order chi connectivity index (χ1) is 15.5. The summed E-state index contributed by atoms with van der Waals surface area (Å²) in [5, 5.41) is 13.0. The summed E-state index contributed by atoms with van der Waals surface area (Å²) in [6.07, 6.45) is 5.05. The Hall–Kier alpha value is -3.04. The fourth-order valence-corrected chi connectivity index (χ4v) is 5.32. The zero-order chi connectivity index (χ0) is 22.6. The number of hydrogen-bond donors (Lipinski definition) is 1. The predicted molar refractivity (Wildman–Crippen MR) is 127 cm³/mol. The van der Waals surface area contributed by atoms with E-state index in [1.54, 1.807) is 0 Å². The number of fused-ring (bicyclic) bond motifs is 1. The molecular weight excluding hydrogens is 418 g/mol. The Kier molecular flexibility index (Phi) is 6.66. The molecule has 5 nitrogen and oxygen atoms in total.